The van der Waals surface area contributed by atoms with Gasteiger partial charge in [-0.05, 0) is 0 Å². The van der Waals surface area contributed by atoms with Gasteiger partial charge in [-0.25, -0.2) is 18.5 Å². The Morgan fingerprint density at radius 1 is 1.41 bits per heavy atom. The first-order valence-corrected chi connectivity index (χ1v) is 5.67. The summed E-state index contributed by atoms with van der Waals surface area (Å²) in [6, 6.07) is 0. The van der Waals surface area contributed by atoms with Gasteiger partial charge < -0.3 is 10.5 Å². The topological polar surface area (TPSA) is 108 Å². The molecule has 1 heterocycles. The molecular formula is C6H5ClF3N3O3S. The van der Waals surface area contributed by atoms with Crippen molar-refractivity contribution in [3.63, 3.8) is 0 Å². The van der Waals surface area contributed by atoms with Crippen LogP contribution < -0.4 is 15.6 Å². The van der Waals surface area contributed by atoms with Crippen LogP contribution >= 0.6 is 11.6 Å². The van der Waals surface area contributed by atoms with Crippen molar-refractivity contribution in [3.05, 3.63) is 11.3 Å². The maximum atomic E-state index is 11.9. The summed E-state index contributed by atoms with van der Waals surface area (Å²) in [7, 11) is -4.41. The summed E-state index contributed by atoms with van der Waals surface area (Å²) in [6.07, 6.45) is -4.50. The third-order valence-corrected chi connectivity index (χ3v) is 2.88. The van der Waals surface area contributed by atoms with Crippen molar-refractivity contribution in [2.45, 2.75) is 11.3 Å². The number of alkyl halides is 3. The minimum absolute atomic E-state index is 0.542. The molecule has 0 aliphatic rings. The number of nitrogens with zero attached hydrogens (tertiary/aromatic N) is 1. The minimum atomic E-state index is -5.04. The van der Waals surface area contributed by atoms with Gasteiger partial charge in [-0.3, -0.25) is 0 Å². The Hall–Kier alpha value is -1.26. The van der Waals surface area contributed by atoms with E-state index in [1.165, 1.54) is 0 Å². The molecule has 0 spiro atoms. The van der Waals surface area contributed by atoms with Gasteiger partial charge in [0.1, 0.15) is 4.90 Å². The van der Waals surface area contributed by atoms with Gasteiger partial charge in [0.2, 0.25) is 10.0 Å². The summed E-state index contributed by atoms with van der Waals surface area (Å²) in [5, 5.41) is 4.08. The van der Waals surface area contributed by atoms with Crippen molar-refractivity contribution in [2.24, 2.45) is 5.14 Å². The van der Waals surface area contributed by atoms with Crippen LogP contribution in [0.1, 0.15) is 0 Å². The van der Waals surface area contributed by atoms with Crippen LogP contribution in [0.25, 0.3) is 0 Å². The van der Waals surface area contributed by atoms with E-state index in [1.54, 1.807) is 0 Å². The monoisotopic (exact) mass is 291 g/mol. The number of hydrogen-bond donors (Lipinski definition) is 2. The summed E-state index contributed by atoms with van der Waals surface area (Å²) in [4.78, 5) is 2.28. The van der Waals surface area contributed by atoms with Gasteiger partial charge in [0.15, 0.2) is 10.9 Å². The highest BCUT2D eigenvalue weighted by atomic mass is 35.5. The molecule has 0 amide bonds. The first-order chi connectivity index (χ1) is 7.52. The van der Waals surface area contributed by atoms with Gasteiger partial charge in [0.25, 0.3) is 0 Å². The molecule has 0 bridgehead atoms. The molecule has 0 aliphatic heterocycles. The van der Waals surface area contributed by atoms with Gasteiger partial charge in [-0.15, -0.1) is 13.2 Å². The lowest BCUT2D eigenvalue weighted by Crippen LogP contribution is -2.21. The fourth-order valence-electron chi connectivity index (χ4n) is 0.943. The van der Waals surface area contributed by atoms with E-state index in [2.05, 4.69) is 9.72 Å². The van der Waals surface area contributed by atoms with Gasteiger partial charge >= 0.3 is 6.36 Å². The Balaban J connectivity index is 3.40. The number of nitrogens with two attached hydrogens (primary N) is 2. The molecule has 4 N–H and O–H groups in total. The summed E-state index contributed by atoms with van der Waals surface area (Å²) >= 11 is 5.37. The molecule has 0 atom stereocenters. The number of sulfonamides is 1. The molecule has 1 aromatic heterocycles. The number of hydrogen-bond acceptors (Lipinski definition) is 5. The van der Waals surface area contributed by atoms with Gasteiger partial charge in [-0.1, -0.05) is 11.6 Å². The number of anilines is 1. The molecule has 0 saturated heterocycles. The van der Waals surface area contributed by atoms with Gasteiger partial charge in [0, 0.05) is 0 Å². The highest BCUT2D eigenvalue weighted by Crippen LogP contribution is 2.34. The number of ether oxygens (including phenoxy) is 1. The smallest absolute Gasteiger partial charge is 0.402 e. The van der Waals surface area contributed by atoms with Gasteiger partial charge in [0.05, 0.1) is 11.9 Å². The number of primary sulfonamides is 1. The zero-order chi connectivity index (χ0) is 13.4. The van der Waals surface area contributed by atoms with E-state index >= 15 is 0 Å². The number of nitrogen functional groups attached to an aromatic ring is 1. The summed E-state index contributed by atoms with van der Waals surface area (Å²) in [5.41, 5.74) is 4.31. The normalized spacial score (nSPS) is 12.5. The first kappa shape index (κ1) is 13.8. The Bertz CT molecular complexity index is 545. The molecule has 1 rings (SSSR count). The maximum absolute atomic E-state index is 11.9. The van der Waals surface area contributed by atoms with Crippen molar-refractivity contribution in [3.8, 4) is 5.75 Å². The second kappa shape index (κ2) is 4.20. The van der Waals surface area contributed by atoms with E-state index in [9.17, 15) is 21.6 Å². The van der Waals surface area contributed by atoms with E-state index in [0.717, 1.165) is 0 Å². The molecule has 1 aromatic rings. The van der Waals surface area contributed by atoms with Crippen LogP contribution in [0.4, 0.5) is 18.9 Å². The second-order valence-electron chi connectivity index (χ2n) is 2.75. The van der Waals surface area contributed by atoms with Gasteiger partial charge in [-0.2, -0.15) is 0 Å². The summed E-state index contributed by atoms with van der Waals surface area (Å²) in [6.45, 7) is 0. The molecular weight excluding hydrogens is 287 g/mol. The lowest BCUT2D eigenvalue weighted by molar-refractivity contribution is -0.274. The van der Waals surface area contributed by atoms with E-state index in [1.807, 2.05) is 0 Å². The van der Waals surface area contributed by atoms with Crippen LogP contribution in [-0.2, 0) is 10.0 Å². The third-order valence-electron chi connectivity index (χ3n) is 1.50. The largest absolute Gasteiger partial charge is 0.573 e. The van der Waals surface area contributed by atoms with E-state index in [-0.39, 0.29) is 0 Å². The van der Waals surface area contributed by atoms with Crippen LogP contribution in [-0.4, -0.2) is 19.8 Å². The molecule has 0 radical (unpaired) electrons. The van der Waals surface area contributed by atoms with Crippen molar-refractivity contribution >= 4 is 27.3 Å². The molecule has 11 heteroatoms. The quantitative estimate of drug-likeness (QED) is 0.786. The Morgan fingerprint density at radius 2 is 1.94 bits per heavy atom. The fraction of sp³-hybridized carbons (Fsp3) is 0.167. The summed E-state index contributed by atoms with van der Waals surface area (Å²) < 4.78 is 61.3. The second-order valence-corrected chi connectivity index (χ2v) is 4.61. The van der Waals surface area contributed by atoms with E-state index in [4.69, 9.17) is 22.5 Å². The zero-order valence-corrected chi connectivity index (χ0v) is 9.40. The van der Waals surface area contributed by atoms with Crippen molar-refractivity contribution in [1.29, 1.82) is 0 Å². The third kappa shape index (κ3) is 3.35. The number of halogens is 4. The predicted molar refractivity (Wildman–Crippen MR) is 51.7 cm³/mol. The molecule has 6 nitrogen and oxygen atoms in total. The SMILES string of the molecule is Nc1c(OC(F)(F)F)cnc(Cl)c1S(N)(=O)=O. The van der Waals surface area contributed by atoms with E-state index < -0.39 is 37.9 Å². The maximum Gasteiger partial charge on any atom is 0.573 e. The number of pyridine rings is 1. The van der Waals surface area contributed by atoms with Crippen LogP contribution in [0.15, 0.2) is 11.1 Å². The van der Waals surface area contributed by atoms with E-state index in [0.29, 0.717) is 6.20 Å². The van der Waals surface area contributed by atoms with Crippen molar-refractivity contribution in [1.82, 2.24) is 4.98 Å². The van der Waals surface area contributed by atoms with Crippen LogP contribution in [0, 0.1) is 0 Å². The minimum Gasteiger partial charge on any atom is -0.402 e. The Labute approximate surface area is 98.4 Å². The Morgan fingerprint density at radius 3 is 2.35 bits per heavy atom. The lowest BCUT2D eigenvalue weighted by atomic mass is 10.4. The molecule has 0 aromatic carbocycles. The molecule has 0 saturated carbocycles. The average molecular weight is 292 g/mol. The van der Waals surface area contributed by atoms with Crippen LogP contribution in [0.2, 0.25) is 5.15 Å². The van der Waals surface area contributed by atoms with Crippen molar-refractivity contribution in [2.75, 3.05) is 5.73 Å². The molecule has 17 heavy (non-hydrogen) atoms. The predicted octanol–water partition coefficient (Wildman–Crippen LogP) is 0.863. The Kier molecular flexibility index (Phi) is 3.41. The standard InChI is InChI=1S/C6H5ClF3N3O3S/c7-5-4(17(12,14)15)3(11)2(1-13-5)16-6(8,9)10/h1H,(H2,11,13)(H2,12,14,15). The van der Waals surface area contributed by atoms with Crippen molar-refractivity contribution < 1.29 is 26.3 Å². The molecule has 0 fully saturated rings. The average Bonchev–Trinajstić information content (AvgIpc) is 2.06. The highest BCUT2D eigenvalue weighted by Gasteiger charge is 2.34. The molecule has 0 aliphatic carbocycles. The van der Waals surface area contributed by atoms with Crippen LogP contribution in [0.3, 0.4) is 0 Å². The van der Waals surface area contributed by atoms with Crippen LogP contribution in [0.5, 0.6) is 5.75 Å². The highest BCUT2D eigenvalue weighted by molar-refractivity contribution is 7.89. The first-order valence-electron chi connectivity index (χ1n) is 3.75. The fourth-order valence-corrected chi connectivity index (χ4v) is 2.11. The lowest BCUT2D eigenvalue weighted by Gasteiger charge is -2.13. The number of rotatable bonds is 2. The zero-order valence-electron chi connectivity index (χ0n) is 7.82. The molecule has 0 unspecified atom stereocenters. The summed E-state index contributed by atoms with van der Waals surface area (Å²) in [5.74, 6) is -0.995. The molecule has 96 valence electrons. The number of aromatic nitrogens is 1.